The van der Waals surface area contributed by atoms with E-state index in [-0.39, 0.29) is 0 Å². The second kappa shape index (κ2) is 13.6. The number of furan rings is 1. The Labute approximate surface area is 344 Å². The average molecular weight is 779 g/mol. The van der Waals surface area contributed by atoms with E-state index >= 15 is 0 Å². The number of thiophene rings is 1. The molecule has 0 fully saturated rings. The minimum atomic E-state index is 0.769. The highest BCUT2D eigenvalue weighted by molar-refractivity contribution is 7.27. The molecule has 11 aromatic rings. The smallest absolute Gasteiger partial charge is 0.135 e. The van der Waals surface area contributed by atoms with Crippen LogP contribution in [0, 0.1) is 0 Å². The third-order valence-electron chi connectivity index (χ3n) is 11.5. The van der Waals surface area contributed by atoms with Crippen molar-refractivity contribution in [3.05, 3.63) is 182 Å². The van der Waals surface area contributed by atoms with E-state index < -0.39 is 0 Å². The van der Waals surface area contributed by atoms with Crippen molar-refractivity contribution in [1.29, 1.82) is 0 Å². The van der Waals surface area contributed by atoms with E-state index in [4.69, 9.17) is 15.1 Å². The first-order valence-electron chi connectivity index (χ1n) is 19.8. The molecule has 0 amide bonds. The van der Waals surface area contributed by atoms with E-state index in [9.17, 15) is 0 Å². The molecular weight excluding hydrogens is 741 g/mol. The number of nitrogens with two attached hydrogens (primary N) is 1. The van der Waals surface area contributed by atoms with Crippen molar-refractivity contribution in [1.82, 2.24) is 14.1 Å². The maximum absolute atomic E-state index is 7.26. The van der Waals surface area contributed by atoms with Crippen LogP contribution in [-0.2, 0) is 0 Å². The van der Waals surface area contributed by atoms with Gasteiger partial charge in [-0.3, -0.25) is 4.98 Å². The summed E-state index contributed by atoms with van der Waals surface area (Å²) in [5.41, 5.74) is 21.6. The van der Waals surface area contributed by atoms with E-state index in [2.05, 4.69) is 155 Å². The van der Waals surface area contributed by atoms with Crippen LogP contribution in [0.15, 0.2) is 175 Å². The first-order valence-corrected chi connectivity index (χ1v) is 20.7. The molecule has 0 radical (unpaired) electrons. The maximum atomic E-state index is 7.26. The Kier molecular flexibility index (Phi) is 8.03. The summed E-state index contributed by atoms with van der Waals surface area (Å²) in [6.45, 7) is 8.04. The van der Waals surface area contributed by atoms with Crippen LogP contribution in [0.3, 0.4) is 0 Å². The lowest BCUT2D eigenvalue weighted by molar-refractivity contribution is 0.669. The number of nitrogen functional groups attached to an aromatic ring is 1. The van der Waals surface area contributed by atoms with Gasteiger partial charge in [0.05, 0.1) is 33.4 Å². The Hall–Kier alpha value is -7.41. The Morgan fingerprint density at radius 3 is 2.22 bits per heavy atom. The summed E-state index contributed by atoms with van der Waals surface area (Å²) in [7, 11) is 0. The summed E-state index contributed by atoms with van der Waals surface area (Å²) in [6.07, 6.45) is 14.2. The predicted molar refractivity (Wildman–Crippen MR) is 253 cm³/mol. The molecule has 0 spiro atoms. The number of nitrogens with zero attached hydrogens (tertiary/aromatic N) is 3. The number of hydrogen-bond acceptors (Lipinski definition) is 4. The molecule has 59 heavy (non-hydrogen) atoms. The van der Waals surface area contributed by atoms with Crippen LogP contribution in [0.2, 0.25) is 0 Å². The largest absolute Gasteiger partial charge is 0.456 e. The molecule has 0 aliphatic carbocycles. The zero-order chi connectivity index (χ0) is 39.8. The van der Waals surface area contributed by atoms with Crippen molar-refractivity contribution in [3.63, 3.8) is 0 Å². The minimum Gasteiger partial charge on any atom is -0.456 e. The van der Waals surface area contributed by atoms with Crippen molar-refractivity contribution in [2.75, 3.05) is 5.73 Å². The Morgan fingerprint density at radius 1 is 0.661 bits per heavy atom. The molecule has 0 aliphatic rings. The zero-order valence-corrected chi connectivity index (χ0v) is 33.4. The number of rotatable bonds is 7. The summed E-state index contributed by atoms with van der Waals surface area (Å²) >= 11 is 1.81. The minimum absolute atomic E-state index is 0.769. The molecule has 0 aliphatic heterocycles. The quantitative estimate of drug-likeness (QED) is 0.164. The molecule has 0 saturated heterocycles. The summed E-state index contributed by atoms with van der Waals surface area (Å²) in [5, 5.41) is 6.84. The van der Waals surface area contributed by atoms with E-state index in [1.54, 1.807) is 0 Å². The molecule has 5 heterocycles. The van der Waals surface area contributed by atoms with E-state index in [1.165, 1.54) is 20.2 Å². The number of benzene rings is 6. The van der Waals surface area contributed by atoms with Crippen molar-refractivity contribution >= 4 is 104 Å². The second-order valence-corrected chi connectivity index (χ2v) is 15.9. The Balaban J connectivity index is 1.12. The first-order chi connectivity index (χ1) is 29.1. The zero-order valence-electron chi connectivity index (χ0n) is 32.6. The molecule has 11 rings (SSSR count). The fourth-order valence-corrected chi connectivity index (χ4v) is 10.4. The van der Waals surface area contributed by atoms with Crippen molar-refractivity contribution in [2.24, 2.45) is 0 Å². The topological polar surface area (TPSA) is 61.9 Å². The molecule has 6 aromatic carbocycles. The summed E-state index contributed by atoms with van der Waals surface area (Å²) < 4.78 is 13.2. The molecule has 0 bridgehead atoms. The number of allylic oxidation sites excluding steroid dienone is 6. The van der Waals surface area contributed by atoms with Crippen molar-refractivity contribution in [2.45, 2.75) is 13.8 Å². The lowest BCUT2D eigenvalue weighted by Gasteiger charge is -2.11. The van der Waals surface area contributed by atoms with Gasteiger partial charge in [0.25, 0.3) is 0 Å². The highest BCUT2D eigenvalue weighted by Crippen LogP contribution is 2.48. The van der Waals surface area contributed by atoms with Gasteiger partial charge in [0.2, 0.25) is 0 Å². The summed E-state index contributed by atoms with van der Waals surface area (Å²) in [5.74, 6) is 0. The van der Waals surface area contributed by atoms with E-state index in [1.807, 2.05) is 55.7 Å². The van der Waals surface area contributed by atoms with Gasteiger partial charge in [0.1, 0.15) is 11.2 Å². The van der Waals surface area contributed by atoms with Gasteiger partial charge in [-0.2, -0.15) is 0 Å². The maximum Gasteiger partial charge on any atom is 0.135 e. The molecule has 5 aromatic heterocycles. The van der Waals surface area contributed by atoms with Crippen LogP contribution in [0.4, 0.5) is 5.69 Å². The van der Waals surface area contributed by atoms with Gasteiger partial charge in [0, 0.05) is 59.3 Å². The van der Waals surface area contributed by atoms with Gasteiger partial charge in [-0.1, -0.05) is 97.6 Å². The number of aromatic nitrogens is 3. The van der Waals surface area contributed by atoms with Crippen LogP contribution in [0.1, 0.15) is 25.1 Å². The number of pyridine rings is 1. The monoisotopic (exact) mass is 778 g/mol. The summed E-state index contributed by atoms with van der Waals surface area (Å²) in [4.78, 5) is 5.02. The Bertz CT molecular complexity index is 3620. The third-order valence-corrected chi connectivity index (χ3v) is 12.8. The van der Waals surface area contributed by atoms with E-state index in [0.717, 1.165) is 99.8 Å². The number of fused-ring (bicyclic) bond motifs is 12. The molecule has 2 N–H and O–H groups in total. The SMILES string of the molecule is C=C/C=C(\C=C/C)c1cccc(-n2c3cccnc3c3c4sc5c(ccc6c5c(N)c(/C=C\C)n6-c5cccc(-c6ccc7oc8ccccc8c7c6)c5)c4ccc32)c1. The third kappa shape index (κ3) is 5.27. The lowest BCUT2D eigenvalue weighted by Crippen LogP contribution is -1.98. The molecule has 282 valence electrons. The highest BCUT2D eigenvalue weighted by atomic mass is 32.1. The number of hydrogen-bond donors (Lipinski definition) is 1. The lowest BCUT2D eigenvalue weighted by atomic mass is 10.0. The molecule has 5 nitrogen and oxygen atoms in total. The first kappa shape index (κ1) is 34.8. The van der Waals surface area contributed by atoms with Gasteiger partial charge in [-0.15, -0.1) is 11.3 Å². The van der Waals surface area contributed by atoms with Crippen LogP contribution in [0.25, 0.3) is 109 Å². The molecular formula is C53H38N4OS. The van der Waals surface area contributed by atoms with Crippen LogP contribution in [0.5, 0.6) is 0 Å². The van der Waals surface area contributed by atoms with Crippen LogP contribution >= 0.6 is 11.3 Å². The molecule has 0 unspecified atom stereocenters. The normalized spacial score (nSPS) is 12.7. The standard InChI is InChI=1S/C53H38N4OS/c1-4-12-32(13-5-2)33-15-9-18-37(29-33)57-43-26-24-40-39-23-25-42-48(52(39)59-53(40)49(43)51-45(57)20-11-28-55-51)50(54)44(14-6-3)56(42)36-17-10-16-34(30-36)35-22-27-47-41(31-35)38-19-7-8-21-46(38)58-47/h4-31H,1,54H2,2-3H3/b13-5-,14-6-,32-12+. The molecule has 0 atom stereocenters. The van der Waals surface area contributed by atoms with E-state index in [0.29, 0.717) is 0 Å². The molecule has 6 heteroatoms. The van der Waals surface area contributed by atoms with Gasteiger partial charge < -0.3 is 19.3 Å². The fourth-order valence-electron chi connectivity index (χ4n) is 9.01. The predicted octanol–water partition coefficient (Wildman–Crippen LogP) is 14.8. The van der Waals surface area contributed by atoms with Crippen molar-refractivity contribution in [3.8, 4) is 22.5 Å². The fraction of sp³-hybridized carbons (Fsp3) is 0.0377. The van der Waals surface area contributed by atoms with Gasteiger partial charge in [-0.25, -0.2) is 0 Å². The average Bonchev–Trinajstić information content (AvgIpc) is 4.01. The van der Waals surface area contributed by atoms with Gasteiger partial charge in [0.15, 0.2) is 0 Å². The van der Waals surface area contributed by atoms with Gasteiger partial charge >= 0.3 is 0 Å². The number of para-hydroxylation sites is 1. The second-order valence-electron chi connectivity index (χ2n) is 14.9. The Morgan fingerprint density at radius 2 is 1.41 bits per heavy atom. The van der Waals surface area contributed by atoms with Crippen molar-refractivity contribution < 1.29 is 4.42 Å². The van der Waals surface area contributed by atoms with Crippen LogP contribution < -0.4 is 5.73 Å². The van der Waals surface area contributed by atoms with Gasteiger partial charge in [-0.05, 0) is 109 Å². The molecule has 0 saturated carbocycles. The number of anilines is 1. The highest BCUT2D eigenvalue weighted by Gasteiger charge is 2.23. The summed E-state index contributed by atoms with van der Waals surface area (Å²) in [6, 6.07) is 45.3. The van der Waals surface area contributed by atoms with Crippen LogP contribution in [-0.4, -0.2) is 14.1 Å².